The van der Waals surface area contributed by atoms with Crippen LogP contribution in [0.4, 0.5) is 5.13 Å². The summed E-state index contributed by atoms with van der Waals surface area (Å²) in [5.41, 5.74) is 3.65. The molecule has 2 aromatic rings. The zero-order valence-corrected chi connectivity index (χ0v) is 15.2. The van der Waals surface area contributed by atoms with E-state index in [2.05, 4.69) is 10.00 Å². The Morgan fingerprint density at radius 1 is 1.21 bits per heavy atom. The third-order valence-electron chi connectivity index (χ3n) is 5.15. The maximum atomic E-state index is 12.3. The fourth-order valence-corrected chi connectivity index (χ4v) is 5.90. The average Bonchev–Trinajstić information content (AvgIpc) is 3.12. The lowest BCUT2D eigenvalue weighted by Gasteiger charge is -2.39. The number of hydrogen-bond donors (Lipinski definition) is 0. The molecule has 5 rings (SSSR count). The normalized spacial score (nSPS) is 19.9. The molecule has 0 amide bonds. The van der Waals surface area contributed by atoms with Gasteiger partial charge in [-0.2, -0.15) is 16.9 Å². The molecule has 3 aliphatic rings. The molecule has 2 aliphatic heterocycles. The number of rotatable bonds is 3. The van der Waals surface area contributed by atoms with Gasteiger partial charge in [0.2, 0.25) is 0 Å². The van der Waals surface area contributed by atoms with Crippen LogP contribution < -0.4 is 10.5 Å². The lowest BCUT2D eigenvalue weighted by molar-refractivity contribution is 0.332. The van der Waals surface area contributed by atoms with Gasteiger partial charge in [-0.1, -0.05) is 0 Å². The number of fused-ring (bicyclic) bond motifs is 2. The molecule has 24 heavy (non-hydrogen) atoms. The predicted octanol–water partition coefficient (Wildman–Crippen LogP) is 2.11. The van der Waals surface area contributed by atoms with Gasteiger partial charge < -0.3 is 4.90 Å². The van der Waals surface area contributed by atoms with Gasteiger partial charge in [-0.3, -0.25) is 4.79 Å². The van der Waals surface area contributed by atoms with Gasteiger partial charge >= 0.3 is 0 Å². The van der Waals surface area contributed by atoms with Crippen molar-refractivity contribution in [3.63, 3.8) is 0 Å². The average molecular weight is 361 g/mol. The third-order valence-corrected chi connectivity index (χ3v) is 7.37. The Bertz CT molecular complexity index is 816. The summed E-state index contributed by atoms with van der Waals surface area (Å²) in [4.78, 5) is 20.9. The third kappa shape index (κ3) is 2.58. The van der Waals surface area contributed by atoms with Gasteiger partial charge in [-0.15, -0.1) is 11.3 Å². The van der Waals surface area contributed by atoms with Crippen LogP contribution in [0.15, 0.2) is 10.9 Å². The number of anilines is 1. The van der Waals surface area contributed by atoms with Crippen LogP contribution in [0.3, 0.4) is 0 Å². The van der Waals surface area contributed by atoms with Crippen LogP contribution in [-0.4, -0.2) is 33.6 Å². The molecule has 0 N–H and O–H groups in total. The Labute approximate surface area is 149 Å². The predicted molar refractivity (Wildman–Crippen MR) is 98.2 cm³/mol. The molecule has 1 saturated heterocycles. The van der Waals surface area contributed by atoms with Crippen molar-refractivity contribution in [1.29, 1.82) is 0 Å². The van der Waals surface area contributed by atoms with Crippen LogP contribution in [0.5, 0.6) is 0 Å². The zero-order valence-electron chi connectivity index (χ0n) is 13.5. The molecular weight excluding hydrogens is 340 g/mol. The van der Waals surface area contributed by atoms with Crippen LogP contribution in [0.2, 0.25) is 0 Å². The minimum atomic E-state index is 0.0583. The number of nitrogens with zero attached hydrogens (tertiary/aromatic N) is 4. The Morgan fingerprint density at radius 3 is 3.00 bits per heavy atom. The van der Waals surface area contributed by atoms with Crippen molar-refractivity contribution >= 4 is 28.2 Å². The smallest absolute Gasteiger partial charge is 0.267 e. The van der Waals surface area contributed by atoms with E-state index in [1.807, 2.05) is 23.1 Å². The molecule has 5 nitrogen and oxygen atoms in total. The molecule has 0 bridgehead atoms. The lowest BCUT2D eigenvalue weighted by Crippen LogP contribution is -2.49. The second-order valence-electron chi connectivity index (χ2n) is 6.93. The highest BCUT2D eigenvalue weighted by Crippen LogP contribution is 2.35. The zero-order chi connectivity index (χ0) is 16.1. The summed E-state index contributed by atoms with van der Waals surface area (Å²) in [6.07, 6.45) is 4.61. The first-order valence-corrected chi connectivity index (χ1v) is 10.6. The summed E-state index contributed by atoms with van der Waals surface area (Å²) in [7, 11) is 0. The van der Waals surface area contributed by atoms with Gasteiger partial charge in [0.15, 0.2) is 5.13 Å². The monoisotopic (exact) mass is 360 g/mol. The number of thioether (sulfide) groups is 1. The summed E-state index contributed by atoms with van der Waals surface area (Å²) in [5, 5.41) is 5.81. The Hall–Kier alpha value is -1.34. The molecule has 126 valence electrons. The maximum Gasteiger partial charge on any atom is 0.267 e. The van der Waals surface area contributed by atoms with Crippen LogP contribution in [0.1, 0.15) is 28.2 Å². The first-order valence-electron chi connectivity index (χ1n) is 8.67. The van der Waals surface area contributed by atoms with E-state index in [-0.39, 0.29) is 5.56 Å². The highest BCUT2D eigenvalue weighted by molar-refractivity contribution is 7.98. The molecule has 0 saturated carbocycles. The molecule has 0 spiro atoms. The second-order valence-corrected chi connectivity index (χ2v) is 9.10. The van der Waals surface area contributed by atoms with Gasteiger partial charge in [0.05, 0.1) is 17.9 Å². The van der Waals surface area contributed by atoms with E-state index < -0.39 is 0 Å². The molecular formula is C17H20N4OS2. The molecule has 1 fully saturated rings. The summed E-state index contributed by atoms with van der Waals surface area (Å²) in [6, 6.07) is 1.80. The van der Waals surface area contributed by atoms with E-state index in [1.165, 1.54) is 28.5 Å². The van der Waals surface area contributed by atoms with Crippen molar-refractivity contribution in [2.75, 3.05) is 23.7 Å². The topological polar surface area (TPSA) is 51.0 Å². The molecule has 7 heteroatoms. The first kappa shape index (κ1) is 15.0. The lowest BCUT2D eigenvalue weighted by atomic mass is 10.0. The summed E-state index contributed by atoms with van der Waals surface area (Å²) >= 11 is 3.75. The van der Waals surface area contributed by atoms with Gasteiger partial charge in [0.25, 0.3) is 5.56 Å². The van der Waals surface area contributed by atoms with Crippen LogP contribution >= 0.6 is 23.1 Å². The van der Waals surface area contributed by atoms with E-state index >= 15 is 0 Å². The molecule has 1 aliphatic carbocycles. The number of aryl methyl sites for hydroxylation is 3. The van der Waals surface area contributed by atoms with Gasteiger partial charge in [-0.25, -0.2) is 9.67 Å². The van der Waals surface area contributed by atoms with Gasteiger partial charge in [0, 0.05) is 42.1 Å². The quantitative estimate of drug-likeness (QED) is 0.839. The minimum absolute atomic E-state index is 0.0583. The number of thiazole rings is 1. The molecule has 0 atom stereocenters. The van der Waals surface area contributed by atoms with Crippen molar-refractivity contribution in [1.82, 2.24) is 14.8 Å². The maximum absolute atomic E-state index is 12.3. The van der Waals surface area contributed by atoms with Crippen molar-refractivity contribution in [2.24, 2.45) is 5.92 Å². The number of aromatic nitrogens is 3. The van der Waals surface area contributed by atoms with Crippen molar-refractivity contribution in [3.8, 4) is 0 Å². The Balaban J connectivity index is 1.26. The van der Waals surface area contributed by atoms with Crippen LogP contribution in [0, 0.1) is 5.92 Å². The Morgan fingerprint density at radius 2 is 2.12 bits per heavy atom. The Kier molecular flexibility index (Phi) is 3.66. The van der Waals surface area contributed by atoms with E-state index in [4.69, 9.17) is 4.98 Å². The molecule has 4 heterocycles. The summed E-state index contributed by atoms with van der Waals surface area (Å²) in [5.74, 6) is 2.55. The van der Waals surface area contributed by atoms with Crippen LogP contribution in [-0.2, 0) is 31.6 Å². The largest absolute Gasteiger partial charge is 0.347 e. The second kappa shape index (κ2) is 5.88. The molecule has 0 aromatic carbocycles. The minimum Gasteiger partial charge on any atom is -0.347 e. The molecule has 2 aromatic heterocycles. The van der Waals surface area contributed by atoms with Crippen molar-refractivity contribution in [3.05, 3.63) is 38.2 Å². The molecule has 0 radical (unpaired) electrons. The van der Waals surface area contributed by atoms with E-state index in [1.54, 1.807) is 10.7 Å². The van der Waals surface area contributed by atoms with Crippen molar-refractivity contribution in [2.45, 2.75) is 38.0 Å². The summed E-state index contributed by atoms with van der Waals surface area (Å²) in [6.45, 7) is 2.72. The van der Waals surface area contributed by atoms with Gasteiger partial charge in [-0.05, 0) is 30.6 Å². The highest BCUT2D eigenvalue weighted by Gasteiger charge is 2.31. The fraction of sp³-hybridized carbons (Fsp3) is 0.588. The molecule has 0 unspecified atom stereocenters. The van der Waals surface area contributed by atoms with Crippen molar-refractivity contribution < 1.29 is 0 Å². The first-order chi connectivity index (χ1) is 11.8. The van der Waals surface area contributed by atoms with Gasteiger partial charge in [0.1, 0.15) is 0 Å². The van der Waals surface area contributed by atoms with E-state index in [9.17, 15) is 4.79 Å². The SMILES string of the molecule is O=c1cc2c(nn1CC1CN(c3nc4c(s3)CCC4)C1)CCSC2. The van der Waals surface area contributed by atoms with Crippen LogP contribution in [0.25, 0.3) is 0 Å². The van der Waals surface area contributed by atoms with E-state index in [0.717, 1.165) is 55.2 Å². The standard InChI is InChI=1S/C17H20N4OS2/c22-16-6-12-10-23-5-4-13(12)19-21(16)9-11-7-20(8-11)17-18-14-2-1-3-15(14)24-17/h6,11H,1-5,7-10H2. The summed E-state index contributed by atoms with van der Waals surface area (Å²) < 4.78 is 1.69. The number of hydrogen-bond acceptors (Lipinski definition) is 6. The van der Waals surface area contributed by atoms with E-state index in [0.29, 0.717) is 5.92 Å². The fourth-order valence-electron chi connectivity index (χ4n) is 3.78. The highest BCUT2D eigenvalue weighted by atomic mass is 32.2.